The fraction of sp³-hybridized carbons (Fsp3) is 0.667. The molecule has 0 aliphatic heterocycles. The lowest BCUT2D eigenvalue weighted by molar-refractivity contribution is -0.144. The fourth-order valence-electron chi connectivity index (χ4n) is 1.55. The van der Waals surface area contributed by atoms with Crippen LogP contribution in [0.3, 0.4) is 0 Å². The first-order chi connectivity index (χ1) is 9.27. The molecule has 0 spiro atoms. The lowest BCUT2D eigenvalue weighted by Gasteiger charge is -2.22. The van der Waals surface area contributed by atoms with Crippen LogP contribution in [0.4, 0.5) is 24.8 Å². The number of rotatable bonds is 6. The fourth-order valence-corrected chi connectivity index (χ4v) is 1.55. The number of hydrogen-bond donors (Lipinski definition) is 2. The topological polar surface area (TPSA) is 59.1 Å². The van der Waals surface area contributed by atoms with Crippen LogP contribution in [0, 0.1) is 5.92 Å². The highest BCUT2D eigenvalue weighted by atomic mass is 19.4. The van der Waals surface area contributed by atoms with Gasteiger partial charge in [-0.3, -0.25) is 0 Å². The van der Waals surface area contributed by atoms with Gasteiger partial charge in [0.1, 0.15) is 11.6 Å². The molecule has 1 aromatic heterocycles. The Kier molecular flexibility index (Phi) is 5.55. The lowest BCUT2D eigenvalue weighted by Crippen LogP contribution is -2.31. The molecule has 114 valence electrons. The largest absolute Gasteiger partial charge is 0.451 e. The molecule has 1 aromatic rings. The number of ether oxygens (including phenoxy) is 1. The van der Waals surface area contributed by atoms with Crippen molar-refractivity contribution in [1.29, 1.82) is 0 Å². The van der Waals surface area contributed by atoms with Gasteiger partial charge in [-0.25, -0.2) is 9.97 Å². The number of halogens is 3. The van der Waals surface area contributed by atoms with Crippen LogP contribution in [-0.2, 0) is 10.9 Å². The van der Waals surface area contributed by atoms with Gasteiger partial charge in [0.15, 0.2) is 0 Å². The number of aromatic nitrogens is 2. The number of nitrogens with zero attached hydrogens (tertiary/aromatic N) is 2. The van der Waals surface area contributed by atoms with Crippen LogP contribution in [0.2, 0.25) is 0 Å². The van der Waals surface area contributed by atoms with Crippen molar-refractivity contribution in [3.05, 3.63) is 11.9 Å². The highest BCUT2D eigenvalue weighted by Gasteiger charge is 2.35. The Balaban J connectivity index is 3.04. The number of hydrogen-bond acceptors (Lipinski definition) is 5. The summed E-state index contributed by atoms with van der Waals surface area (Å²) in [6.45, 7) is 4.26. The average molecular weight is 292 g/mol. The molecule has 0 bridgehead atoms. The Morgan fingerprint density at radius 1 is 1.25 bits per heavy atom. The maximum Gasteiger partial charge on any atom is 0.451 e. The van der Waals surface area contributed by atoms with E-state index in [1.165, 1.54) is 20.2 Å². The third kappa shape index (κ3) is 4.52. The summed E-state index contributed by atoms with van der Waals surface area (Å²) < 4.78 is 43.2. The molecular weight excluding hydrogens is 273 g/mol. The molecule has 20 heavy (non-hydrogen) atoms. The Morgan fingerprint density at radius 3 is 2.30 bits per heavy atom. The highest BCUT2D eigenvalue weighted by molar-refractivity contribution is 5.48. The molecular formula is C12H19F3N4O. The quantitative estimate of drug-likeness (QED) is 0.844. The van der Waals surface area contributed by atoms with Crippen molar-refractivity contribution < 1.29 is 17.9 Å². The second-order valence-corrected chi connectivity index (χ2v) is 4.66. The minimum atomic E-state index is -4.59. The van der Waals surface area contributed by atoms with Crippen LogP contribution in [-0.4, -0.2) is 36.8 Å². The SMILES string of the molecule is CNc1cc(NC(COC)C(C)C)nc(C(F)(F)F)n1. The molecule has 0 aromatic carbocycles. The van der Waals surface area contributed by atoms with Gasteiger partial charge in [0, 0.05) is 20.2 Å². The molecule has 0 aliphatic carbocycles. The molecule has 0 saturated carbocycles. The average Bonchev–Trinajstić information content (AvgIpc) is 2.36. The Morgan fingerprint density at radius 2 is 1.85 bits per heavy atom. The maximum atomic E-state index is 12.7. The van der Waals surface area contributed by atoms with Crippen LogP contribution < -0.4 is 10.6 Å². The zero-order chi connectivity index (χ0) is 15.3. The van der Waals surface area contributed by atoms with Gasteiger partial charge < -0.3 is 15.4 Å². The minimum absolute atomic E-state index is 0.106. The summed E-state index contributed by atoms with van der Waals surface area (Å²) in [7, 11) is 3.04. The zero-order valence-corrected chi connectivity index (χ0v) is 11.9. The number of alkyl halides is 3. The van der Waals surface area contributed by atoms with Crippen molar-refractivity contribution in [3.8, 4) is 0 Å². The lowest BCUT2D eigenvalue weighted by atomic mass is 10.1. The summed E-state index contributed by atoms with van der Waals surface area (Å²) in [5, 5.41) is 5.54. The summed E-state index contributed by atoms with van der Waals surface area (Å²) >= 11 is 0. The van der Waals surface area contributed by atoms with Crippen molar-refractivity contribution in [2.75, 3.05) is 31.4 Å². The van der Waals surface area contributed by atoms with Crippen LogP contribution in [0.25, 0.3) is 0 Å². The molecule has 1 atom stereocenters. The van der Waals surface area contributed by atoms with E-state index in [0.717, 1.165) is 0 Å². The van der Waals surface area contributed by atoms with Gasteiger partial charge in [-0.2, -0.15) is 13.2 Å². The van der Waals surface area contributed by atoms with Crippen molar-refractivity contribution >= 4 is 11.6 Å². The minimum Gasteiger partial charge on any atom is -0.383 e. The van der Waals surface area contributed by atoms with E-state index >= 15 is 0 Å². The van der Waals surface area contributed by atoms with Gasteiger partial charge in [-0.15, -0.1) is 0 Å². The Labute approximate surface area is 116 Å². The maximum absolute atomic E-state index is 12.7. The van der Waals surface area contributed by atoms with Crippen molar-refractivity contribution in [1.82, 2.24) is 9.97 Å². The van der Waals surface area contributed by atoms with Gasteiger partial charge in [0.25, 0.3) is 0 Å². The molecule has 2 N–H and O–H groups in total. The summed E-state index contributed by atoms with van der Waals surface area (Å²) in [6, 6.07) is 1.29. The molecule has 1 unspecified atom stereocenters. The third-order valence-corrected chi connectivity index (χ3v) is 2.72. The van der Waals surface area contributed by atoms with Crippen molar-refractivity contribution in [2.45, 2.75) is 26.1 Å². The van der Waals surface area contributed by atoms with Crippen LogP contribution >= 0.6 is 0 Å². The van der Waals surface area contributed by atoms with Gasteiger partial charge in [0.2, 0.25) is 5.82 Å². The highest BCUT2D eigenvalue weighted by Crippen LogP contribution is 2.28. The van der Waals surface area contributed by atoms with Gasteiger partial charge >= 0.3 is 6.18 Å². The molecule has 0 saturated heterocycles. The van der Waals surface area contributed by atoms with Gasteiger partial charge in [0.05, 0.1) is 12.6 Å². The van der Waals surface area contributed by atoms with E-state index in [1.807, 2.05) is 13.8 Å². The summed E-state index contributed by atoms with van der Waals surface area (Å²) in [5.41, 5.74) is 0. The summed E-state index contributed by atoms with van der Waals surface area (Å²) in [4.78, 5) is 6.92. The molecule has 8 heteroatoms. The molecule has 1 heterocycles. The first kappa shape index (κ1) is 16.5. The smallest absolute Gasteiger partial charge is 0.383 e. The second kappa shape index (κ2) is 6.74. The predicted molar refractivity (Wildman–Crippen MR) is 70.7 cm³/mol. The molecule has 0 fully saturated rings. The first-order valence-electron chi connectivity index (χ1n) is 6.17. The van der Waals surface area contributed by atoms with E-state index < -0.39 is 12.0 Å². The van der Waals surface area contributed by atoms with Gasteiger partial charge in [-0.05, 0) is 5.92 Å². The predicted octanol–water partition coefficient (Wildman–Crippen LogP) is 2.62. The van der Waals surface area contributed by atoms with Crippen LogP contribution in [0.1, 0.15) is 19.7 Å². The summed E-state index contributed by atoms with van der Waals surface area (Å²) in [6.07, 6.45) is -4.59. The Bertz CT molecular complexity index is 437. The first-order valence-corrected chi connectivity index (χ1v) is 6.17. The number of anilines is 2. The van der Waals surface area contributed by atoms with E-state index in [1.54, 1.807) is 0 Å². The van der Waals surface area contributed by atoms with Crippen LogP contribution in [0.5, 0.6) is 0 Å². The summed E-state index contributed by atoms with van der Waals surface area (Å²) in [5.74, 6) is -0.772. The molecule has 0 amide bonds. The monoisotopic (exact) mass is 292 g/mol. The Hall–Kier alpha value is -1.57. The van der Waals surface area contributed by atoms with E-state index in [0.29, 0.717) is 6.61 Å². The third-order valence-electron chi connectivity index (χ3n) is 2.72. The molecule has 1 rings (SSSR count). The molecule has 0 radical (unpaired) electrons. The van der Waals surface area contributed by atoms with E-state index in [2.05, 4.69) is 20.6 Å². The second-order valence-electron chi connectivity index (χ2n) is 4.66. The number of nitrogens with one attached hydrogen (secondary N) is 2. The normalized spacial score (nSPS) is 13.4. The van der Waals surface area contributed by atoms with E-state index in [-0.39, 0.29) is 23.6 Å². The van der Waals surface area contributed by atoms with Gasteiger partial charge in [-0.1, -0.05) is 13.8 Å². The van der Waals surface area contributed by atoms with Crippen LogP contribution in [0.15, 0.2) is 6.07 Å². The standard InChI is InChI=1S/C12H19F3N4O/c1-7(2)8(6-20-4)17-10-5-9(16-3)18-11(19-10)12(13,14)15/h5,7-8H,6H2,1-4H3,(H2,16,17,18,19). The van der Waals surface area contributed by atoms with Crippen molar-refractivity contribution in [3.63, 3.8) is 0 Å². The number of methoxy groups -OCH3 is 1. The molecule has 0 aliphatic rings. The zero-order valence-electron chi connectivity index (χ0n) is 11.9. The van der Waals surface area contributed by atoms with E-state index in [9.17, 15) is 13.2 Å². The molecule has 5 nitrogen and oxygen atoms in total. The van der Waals surface area contributed by atoms with E-state index in [4.69, 9.17) is 4.74 Å². The van der Waals surface area contributed by atoms with Crippen molar-refractivity contribution in [2.24, 2.45) is 5.92 Å².